The molecule has 0 amide bonds. The summed E-state index contributed by atoms with van der Waals surface area (Å²) >= 11 is 0. The van der Waals surface area contributed by atoms with Crippen LogP contribution in [0.1, 0.15) is 53.2 Å². The van der Waals surface area contributed by atoms with E-state index in [0.29, 0.717) is 12.6 Å². The predicted molar refractivity (Wildman–Crippen MR) is 129 cm³/mol. The number of nitrogens with zero attached hydrogens (tertiary/aromatic N) is 3. The van der Waals surface area contributed by atoms with Crippen molar-refractivity contribution in [1.29, 1.82) is 0 Å². The summed E-state index contributed by atoms with van der Waals surface area (Å²) in [6.45, 7) is 11.6. The van der Waals surface area contributed by atoms with Crippen LogP contribution in [0.15, 0.2) is 54.8 Å². The molecule has 0 aliphatic carbocycles. The molecule has 0 unspecified atom stereocenters. The van der Waals surface area contributed by atoms with Crippen molar-refractivity contribution in [2.24, 2.45) is 0 Å². The third-order valence-electron chi connectivity index (χ3n) is 4.90. The molecule has 0 atom stereocenters. The Morgan fingerprint density at radius 1 is 1.16 bits per heavy atom. The molecule has 0 bridgehead atoms. The number of ether oxygens (including phenoxy) is 1. The van der Waals surface area contributed by atoms with Gasteiger partial charge in [-0.2, -0.15) is 0 Å². The van der Waals surface area contributed by atoms with Gasteiger partial charge < -0.3 is 9.64 Å². The summed E-state index contributed by atoms with van der Waals surface area (Å²) in [5, 5.41) is 0. The molecule has 0 radical (unpaired) electrons. The van der Waals surface area contributed by atoms with Crippen LogP contribution in [0.3, 0.4) is 0 Å². The van der Waals surface area contributed by atoms with Crippen LogP contribution in [0, 0.1) is 0 Å². The zero-order valence-electron chi connectivity index (χ0n) is 19.5. The van der Waals surface area contributed by atoms with Gasteiger partial charge in [0.2, 0.25) is 0 Å². The van der Waals surface area contributed by atoms with Gasteiger partial charge in [0.1, 0.15) is 12.4 Å². The minimum absolute atomic E-state index is 0.0611. The molecule has 0 spiro atoms. The Kier molecular flexibility index (Phi) is 10.1. The highest BCUT2D eigenvalue weighted by Gasteiger charge is 2.17. The minimum Gasteiger partial charge on any atom is -0.374 e. The van der Waals surface area contributed by atoms with E-state index >= 15 is 0 Å². The van der Waals surface area contributed by atoms with Crippen LogP contribution in [-0.2, 0) is 9.53 Å². The number of carbonyl (C=O) groups is 1. The monoisotopic (exact) mass is 421 g/mol. The highest BCUT2D eigenvalue weighted by atomic mass is 16.5. The fourth-order valence-corrected chi connectivity index (χ4v) is 3.36. The lowest BCUT2D eigenvalue weighted by Crippen LogP contribution is -2.33. The molecule has 1 aromatic carbocycles. The van der Waals surface area contributed by atoms with E-state index in [2.05, 4.69) is 43.0 Å². The number of benzene rings is 1. The van der Waals surface area contributed by atoms with E-state index in [1.807, 2.05) is 44.3 Å². The van der Waals surface area contributed by atoms with Crippen molar-refractivity contribution in [2.45, 2.75) is 53.5 Å². The van der Waals surface area contributed by atoms with Crippen molar-refractivity contribution in [1.82, 2.24) is 9.97 Å². The van der Waals surface area contributed by atoms with Gasteiger partial charge in [-0.25, -0.2) is 4.98 Å². The Bertz CT molecular complexity index is 889. The van der Waals surface area contributed by atoms with Gasteiger partial charge in [0.05, 0.1) is 17.6 Å². The van der Waals surface area contributed by atoms with Gasteiger partial charge in [0.25, 0.3) is 0 Å². The van der Waals surface area contributed by atoms with E-state index in [1.165, 1.54) is 0 Å². The molecule has 0 saturated carbocycles. The van der Waals surface area contributed by atoms with E-state index < -0.39 is 0 Å². The number of ketones is 1. The van der Waals surface area contributed by atoms with Crippen LogP contribution in [-0.4, -0.2) is 41.6 Å². The largest absolute Gasteiger partial charge is 0.374 e. The molecule has 2 aromatic rings. The van der Waals surface area contributed by atoms with Gasteiger partial charge in [0, 0.05) is 24.8 Å². The lowest BCUT2D eigenvalue weighted by Gasteiger charge is -2.28. The van der Waals surface area contributed by atoms with Crippen molar-refractivity contribution in [3.05, 3.63) is 60.5 Å². The molecule has 1 aromatic heterocycles. The van der Waals surface area contributed by atoms with Gasteiger partial charge in [-0.15, -0.1) is 0 Å². The van der Waals surface area contributed by atoms with Crippen molar-refractivity contribution >= 4 is 17.2 Å². The number of unbranched alkanes of at least 4 members (excludes halogenated alkanes) is 1. The third kappa shape index (κ3) is 7.44. The molecule has 2 rings (SSSR count). The summed E-state index contributed by atoms with van der Waals surface area (Å²) in [4.78, 5) is 23.2. The maximum Gasteiger partial charge on any atom is 0.155 e. The molecule has 0 fully saturated rings. The van der Waals surface area contributed by atoms with Crippen molar-refractivity contribution in [3.8, 4) is 11.3 Å². The fourth-order valence-electron chi connectivity index (χ4n) is 3.36. The summed E-state index contributed by atoms with van der Waals surface area (Å²) in [7, 11) is 0. The molecule has 166 valence electrons. The number of hydrogen-bond donors (Lipinski definition) is 0. The molecular weight excluding hydrogens is 386 g/mol. The first kappa shape index (κ1) is 24.5. The molecule has 0 aliphatic heterocycles. The summed E-state index contributed by atoms with van der Waals surface area (Å²) < 4.78 is 5.39. The molecule has 5 nitrogen and oxygen atoms in total. The van der Waals surface area contributed by atoms with Crippen molar-refractivity contribution in [3.63, 3.8) is 0 Å². The lowest BCUT2D eigenvalue weighted by atomic mass is 10.0. The fraction of sp³-hybridized carbons (Fsp3) is 0.423. The van der Waals surface area contributed by atoms with E-state index in [0.717, 1.165) is 47.7 Å². The Labute approximate surface area is 186 Å². The van der Waals surface area contributed by atoms with Gasteiger partial charge in [-0.3, -0.25) is 9.78 Å². The highest BCUT2D eigenvalue weighted by Crippen LogP contribution is 2.29. The highest BCUT2D eigenvalue weighted by molar-refractivity contribution is 5.82. The Morgan fingerprint density at radius 2 is 1.90 bits per heavy atom. The molecule has 31 heavy (non-hydrogen) atoms. The predicted octanol–water partition coefficient (Wildman–Crippen LogP) is 5.72. The first-order valence-corrected chi connectivity index (χ1v) is 11.0. The second kappa shape index (κ2) is 12.8. The van der Waals surface area contributed by atoms with Crippen LogP contribution < -0.4 is 4.90 Å². The van der Waals surface area contributed by atoms with E-state index in [4.69, 9.17) is 14.7 Å². The number of Topliss-reactive ketones (excluding diaryl/α,β-unsaturated/α-hetero) is 1. The Balaban J connectivity index is 2.28. The molecular formula is C26H35N3O2. The summed E-state index contributed by atoms with van der Waals surface area (Å²) in [6, 6.07) is 10.5. The van der Waals surface area contributed by atoms with Crippen molar-refractivity contribution < 1.29 is 9.53 Å². The zero-order chi connectivity index (χ0) is 22.6. The molecule has 1 heterocycles. The second-order valence-electron chi connectivity index (χ2n) is 7.78. The maximum absolute atomic E-state index is 11.0. The van der Waals surface area contributed by atoms with E-state index in [-0.39, 0.29) is 12.4 Å². The summed E-state index contributed by atoms with van der Waals surface area (Å²) in [5.74, 6) is 0.934. The number of anilines is 1. The number of aromatic nitrogens is 2. The SMILES string of the molecule is C/C=C\C(=C/C)c1nc(N(CCCCOCC(C)=O)C(C)C)cnc1-c1ccccc1. The first-order chi connectivity index (χ1) is 15.0. The maximum atomic E-state index is 11.0. The molecule has 0 N–H and O–H groups in total. The second-order valence-corrected chi connectivity index (χ2v) is 7.78. The molecule has 0 aliphatic rings. The first-order valence-electron chi connectivity index (χ1n) is 11.0. The summed E-state index contributed by atoms with van der Waals surface area (Å²) in [5.41, 5.74) is 3.88. The number of allylic oxidation sites excluding steroid dienone is 4. The molecule has 5 heteroatoms. The third-order valence-corrected chi connectivity index (χ3v) is 4.90. The number of hydrogen-bond acceptors (Lipinski definition) is 5. The van der Waals surface area contributed by atoms with Gasteiger partial charge >= 0.3 is 0 Å². The summed E-state index contributed by atoms with van der Waals surface area (Å²) in [6.07, 6.45) is 9.91. The smallest absolute Gasteiger partial charge is 0.155 e. The zero-order valence-corrected chi connectivity index (χ0v) is 19.5. The normalized spacial score (nSPS) is 12.0. The van der Waals surface area contributed by atoms with Gasteiger partial charge in [-0.05, 0) is 53.0 Å². The standard InChI is InChI=1S/C26H35N3O2/c1-6-13-22(7-2)26-25(23-14-9-8-10-15-23)27-18-24(28-26)29(20(3)4)16-11-12-17-31-19-21(5)30/h6-10,13-15,18,20H,11-12,16-17,19H2,1-5H3/b13-6-,22-7+. The van der Waals surface area contributed by atoms with Crippen LogP contribution in [0.25, 0.3) is 16.8 Å². The van der Waals surface area contributed by atoms with Crippen LogP contribution in [0.5, 0.6) is 0 Å². The van der Waals surface area contributed by atoms with Gasteiger partial charge in [0.15, 0.2) is 5.78 Å². The van der Waals surface area contributed by atoms with Crippen LogP contribution in [0.2, 0.25) is 0 Å². The number of rotatable bonds is 12. The average Bonchev–Trinajstić information content (AvgIpc) is 2.76. The van der Waals surface area contributed by atoms with Gasteiger partial charge in [-0.1, -0.05) is 48.6 Å². The average molecular weight is 422 g/mol. The van der Waals surface area contributed by atoms with E-state index in [1.54, 1.807) is 6.92 Å². The van der Waals surface area contributed by atoms with Crippen LogP contribution >= 0.6 is 0 Å². The minimum atomic E-state index is 0.0611. The number of carbonyl (C=O) groups excluding carboxylic acids is 1. The Hall–Kier alpha value is -2.79. The molecule has 0 saturated heterocycles. The van der Waals surface area contributed by atoms with E-state index in [9.17, 15) is 4.79 Å². The van der Waals surface area contributed by atoms with Crippen molar-refractivity contribution in [2.75, 3.05) is 24.7 Å². The quantitative estimate of drug-likeness (QED) is 0.324. The topological polar surface area (TPSA) is 55.3 Å². The Morgan fingerprint density at radius 3 is 2.52 bits per heavy atom. The van der Waals surface area contributed by atoms with Crippen LogP contribution in [0.4, 0.5) is 5.82 Å². The lowest BCUT2D eigenvalue weighted by molar-refractivity contribution is -0.121.